The largest absolute Gasteiger partial charge is 0.369 e. The number of halogens is 2. The van der Waals surface area contributed by atoms with E-state index in [0.717, 1.165) is 13.8 Å². The highest BCUT2D eigenvalue weighted by atomic mass is 35.5. The quantitative estimate of drug-likeness (QED) is 0.330. The fourth-order valence-electron chi connectivity index (χ4n) is 4.77. The SMILES string of the molecule is CN(C)S(=O)(=O)c1ccc(S(=O)(=O)n2nc(C3CCN(c4ccc(Cl)cc4F)CC3)c3ccccc32)cc1. The van der Waals surface area contributed by atoms with Crippen molar-refractivity contribution < 1.29 is 21.2 Å². The smallest absolute Gasteiger partial charge is 0.283 e. The third-order valence-electron chi connectivity index (χ3n) is 6.84. The minimum atomic E-state index is -4.10. The van der Waals surface area contributed by atoms with Crippen LogP contribution in [-0.4, -0.2) is 57.5 Å². The topological polar surface area (TPSA) is 92.6 Å². The van der Waals surface area contributed by atoms with E-state index in [9.17, 15) is 21.2 Å². The molecule has 1 aromatic heterocycles. The first kappa shape index (κ1) is 26.6. The molecule has 1 aliphatic heterocycles. The maximum absolute atomic E-state index is 14.4. The van der Waals surface area contributed by atoms with Gasteiger partial charge in [0.15, 0.2) is 0 Å². The first-order valence-corrected chi connectivity index (χ1v) is 15.2. The van der Waals surface area contributed by atoms with Crippen LogP contribution in [0.2, 0.25) is 5.02 Å². The number of fused-ring (bicyclic) bond motifs is 1. The monoisotopic (exact) mass is 576 g/mol. The summed E-state index contributed by atoms with van der Waals surface area (Å²) in [7, 11) is -4.98. The number of aromatic nitrogens is 2. The molecule has 5 rings (SSSR count). The summed E-state index contributed by atoms with van der Waals surface area (Å²) in [5.41, 5.74) is 1.61. The molecule has 0 radical (unpaired) electrons. The normalized spacial score (nSPS) is 15.4. The van der Waals surface area contributed by atoms with Crippen LogP contribution in [0.25, 0.3) is 10.9 Å². The molecule has 4 aromatic rings. The van der Waals surface area contributed by atoms with Crippen molar-refractivity contribution in [2.45, 2.75) is 28.6 Å². The van der Waals surface area contributed by atoms with Crippen molar-refractivity contribution in [3.63, 3.8) is 0 Å². The zero-order chi connectivity index (χ0) is 27.2. The number of hydrogen-bond acceptors (Lipinski definition) is 6. The Labute approximate surface area is 226 Å². The second-order valence-corrected chi connectivity index (χ2v) is 13.7. The number of piperidine rings is 1. The van der Waals surface area contributed by atoms with E-state index in [1.807, 2.05) is 17.0 Å². The van der Waals surface area contributed by atoms with Gasteiger partial charge in [0.05, 0.1) is 26.7 Å². The molecular weight excluding hydrogens is 551 g/mol. The molecule has 200 valence electrons. The van der Waals surface area contributed by atoms with Crippen molar-refractivity contribution in [2.24, 2.45) is 0 Å². The van der Waals surface area contributed by atoms with E-state index in [4.69, 9.17) is 11.6 Å². The van der Waals surface area contributed by atoms with E-state index in [-0.39, 0.29) is 21.5 Å². The number of rotatable bonds is 6. The van der Waals surface area contributed by atoms with Gasteiger partial charge in [0.2, 0.25) is 10.0 Å². The van der Waals surface area contributed by atoms with Crippen LogP contribution in [0.1, 0.15) is 24.5 Å². The number of sulfonamides is 1. The summed E-state index contributed by atoms with van der Waals surface area (Å²) in [6.45, 7) is 1.16. The molecule has 2 heterocycles. The van der Waals surface area contributed by atoms with Gasteiger partial charge in [-0.1, -0.05) is 29.8 Å². The number of para-hydroxylation sites is 1. The van der Waals surface area contributed by atoms with Crippen LogP contribution in [0.3, 0.4) is 0 Å². The minimum absolute atomic E-state index is 0.00338. The summed E-state index contributed by atoms with van der Waals surface area (Å²) in [6, 6.07) is 16.9. The molecule has 12 heteroatoms. The fourth-order valence-corrected chi connectivity index (χ4v) is 7.13. The average Bonchev–Trinajstić information content (AvgIpc) is 3.29. The van der Waals surface area contributed by atoms with Crippen molar-refractivity contribution in [1.29, 1.82) is 0 Å². The summed E-state index contributed by atoms with van der Waals surface area (Å²) in [5.74, 6) is -0.392. The number of benzene rings is 3. The molecule has 3 aromatic carbocycles. The predicted molar refractivity (Wildman–Crippen MR) is 145 cm³/mol. The van der Waals surface area contributed by atoms with Gasteiger partial charge >= 0.3 is 0 Å². The van der Waals surface area contributed by atoms with Gasteiger partial charge < -0.3 is 4.90 Å². The zero-order valence-electron chi connectivity index (χ0n) is 20.8. The Kier molecular flexibility index (Phi) is 6.97. The summed E-state index contributed by atoms with van der Waals surface area (Å²) in [4.78, 5) is 1.89. The highest BCUT2D eigenvalue weighted by molar-refractivity contribution is 7.90. The van der Waals surface area contributed by atoms with E-state index < -0.39 is 20.0 Å². The Bertz CT molecular complexity index is 1710. The predicted octanol–water partition coefficient (Wildman–Crippen LogP) is 4.70. The lowest BCUT2D eigenvalue weighted by Gasteiger charge is -2.33. The average molecular weight is 577 g/mol. The van der Waals surface area contributed by atoms with E-state index in [2.05, 4.69) is 5.10 Å². The molecular formula is C26H26ClFN4O4S2. The molecule has 1 fully saturated rings. The first-order chi connectivity index (χ1) is 18.0. The first-order valence-electron chi connectivity index (χ1n) is 12.0. The molecule has 0 atom stereocenters. The van der Waals surface area contributed by atoms with Crippen molar-refractivity contribution in [2.75, 3.05) is 32.1 Å². The molecule has 0 amide bonds. The van der Waals surface area contributed by atoms with Crippen LogP contribution >= 0.6 is 11.6 Å². The van der Waals surface area contributed by atoms with E-state index in [1.165, 1.54) is 44.4 Å². The van der Waals surface area contributed by atoms with Crippen LogP contribution in [0.15, 0.2) is 76.5 Å². The Morgan fingerprint density at radius 3 is 2.18 bits per heavy atom. The van der Waals surface area contributed by atoms with Gasteiger partial charge in [-0.15, -0.1) is 0 Å². The Balaban J connectivity index is 1.46. The third kappa shape index (κ3) is 4.68. The van der Waals surface area contributed by atoms with Crippen LogP contribution in [0, 0.1) is 5.82 Å². The molecule has 38 heavy (non-hydrogen) atoms. The van der Waals surface area contributed by atoms with Gasteiger partial charge in [-0.05, 0) is 61.4 Å². The molecule has 0 saturated carbocycles. The lowest BCUT2D eigenvalue weighted by Crippen LogP contribution is -2.33. The Hall–Kier alpha value is -2.99. The third-order valence-corrected chi connectivity index (χ3v) is 10.5. The Morgan fingerprint density at radius 1 is 0.921 bits per heavy atom. The highest BCUT2D eigenvalue weighted by Crippen LogP contribution is 2.36. The van der Waals surface area contributed by atoms with Gasteiger partial charge in [-0.2, -0.15) is 17.6 Å². The molecule has 1 saturated heterocycles. The van der Waals surface area contributed by atoms with Gasteiger partial charge in [0.25, 0.3) is 10.0 Å². The van der Waals surface area contributed by atoms with Gasteiger partial charge in [0, 0.05) is 43.5 Å². The summed E-state index contributed by atoms with van der Waals surface area (Å²) >= 11 is 5.89. The van der Waals surface area contributed by atoms with Crippen molar-refractivity contribution >= 4 is 48.2 Å². The molecule has 1 aliphatic rings. The van der Waals surface area contributed by atoms with E-state index in [1.54, 1.807) is 24.3 Å². The van der Waals surface area contributed by atoms with Crippen LogP contribution in [-0.2, 0) is 20.0 Å². The summed E-state index contributed by atoms with van der Waals surface area (Å²) in [5, 5.41) is 5.66. The number of anilines is 1. The van der Waals surface area contributed by atoms with Crippen molar-refractivity contribution in [3.8, 4) is 0 Å². The van der Waals surface area contributed by atoms with E-state index >= 15 is 0 Å². The van der Waals surface area contributed by atoms with Gasteiger partial charge in [-0.25, -0.2) is 17.1 Å². The van der Waals surface area contributed by atoms with E-state index in [0.29, 0.717) is 47.9 Å². The lowest BCUT2D eigenvalue weighted by molar-refractivity contribution is 0.488. The fraction of sp³-hybridized carbons (Fsp3) is 0.269. The van der Waals surface area contributed by atoms with Crippen LogP contribution < -0.4 is 4.90 Å². The minimum Gasteiger partial charge on any atom is -0.369 e. The van der Waals surface area contributed by atoms with Crippen LogP contribution in [0.4, 0.5) is 10.1 Å². The van der Waals surface area contributed by atoms with Crippen molar-refractivity contribution in [3.05, 3.63) is 83.3 Å². The highest BCUT2D eigenvalue weighted by Gasteiger charge is 2.30. The second kappa shape index (κ2) is 9.96. The number of nitrogens with zero attached hydrogens (tertiary/aromatic N) is 4. The molecule has 0 spiro atoms. The summed E-state index contributed by atoms with van der Waals surface area (Å²) in [6.07, 6.45) is 1.33. The zero-order valence-corrected chi connectivity index (χ0v) is 23.1. The maximum atomic E-state index is 14.4. The molecule has 0 bridgehead atoms. The second-order valence-electron chi connectivity index (χ2n) is 9.37. The van der Waals surface area contributed by atoms with Crippen LogP contribution in [0.5, 0.6) is 0 Å². The lowest BCUT2D eigenvalue weighted by atomic mass is 9.91. The molecule has 0 aliphatic carbocycles. The van der Waals surface area contributed by atoms with Crippen molar-refractivity contribution in [1.82, 2.24) is 13.5 Å². The molecule has 0 unspecified atom stereocenters. The van der Waals surface area contributed by atoms with Gasteiger partial charge in [0.1, 0.15) is 5.82 Å². The molecule has 0 N–H and O–H groups in total. The maximum Gasteiger partial charge on any atom is 0.283 e. The molecule has 8 nitrogen and oxygen atoms in total. The summed E-state index contributed by atoms with van der Waals surface area (Å²) < 4.78 is 68.6. The van der Waals surface area contributed by atoms with Gasteiger partial charge in [-0.3, -0.25) is 0 Å². The number of hydrogen-bond donors (Lipinski definition) is 0. The standard InChI is InChI=1S/C26H26ClFN4O4S2/c1-30(2)37(33,34)20-8-10-21(11-9-20)38(35,36)32-24-6-4-3-5-22(24)26(29-32)18-13-15-31(16-14-18)25-12-7-19(27)17-23(25)28/h3-12,17-18H,13-16H2,1-2H3. The Morgan fingerprint density at radius 2 is 1.55 bits per heavy atom.